The number of nitrogens with zero attached hydrogens (tertiary/aromatic N) is 3. The van der Waals surface area contributed by atoms with E-state index in [1.165, 1.54) is 6.08 Å². The van der Waals surface area contributed by atoms with E-state index in [4.69, 9.17) is 0 Å². The number of aromatic nitrogens is 4. The molecule has 5 heteroatoms. The van der Waals surface area contributed by atoms with Gasteiger partial charge >= 0.3 is 0 Å². The summed E-state index contributed by atoms with van der Waals surface area (Å²) in [6.07, 6.45) is 1.27. The maximum Gasteiger partial charge on any atom is 0.204 e. The minimum Gasteiger partial charge on any atom is -0.289 e. The number of aromatic amines is 1. The van der Waals surface area contributed by atoms with Crippen molar-refractivity contribution < 1.29 is 4.79 Å². The Hall–Kier alpha value is -2.30. The van der Waals surface area contributed by atoms with Gasteiger partial charge in [0.25, 0.3) is 0 Å². The summed E-state index contributed by atoms with van der Waals surface area (Å²) in [5.41, 5.74) is 1.31. The zero-order valence-corrected chi connectivity index (χ0v) is 7.84. The lowest BCUT2D eigenvalue weighted by Gasteiger charge is -1.97. The Balaban J connectivity index is 2.43. The highest BCUT2D eigenvalue weighted by Crippen LogP contribution is 2.15. The van der Waals surface area contributed by atoms with Gasteiger partial charge in [-0.25, -0.2) is 0 Å². The first-order chi connectivity index (χ1) is 7.31. The van der Waals surface area contributed by atoms with Crippen LogP contribution in [0.25, 0.3) is 11.4 Å². The Kier molecular flexibility index (Phi) is 2.37. The van der Waals surface area contributed by atoms with Gasteiger partial charge in [0.15, 0.2) is 5.78 Å². The second-order valence-corrected chi connectivity index (χ2v) is 2.88. The van der Waals surface area contributed by atoms with E-state index in [2.05, 4.69) is 27.2 Å². The van der Waals surface area contributed by atoms with Gasteiger partial charge in [-0.15, -0.1) is 10.2 Å². The molecular weight excluding hydrogens is 192 g/mol. The normalized spacial score (nSPS) is 9.87. The number of ketones is 1. The Morgan fingerprint density at radius 2 is 2.33 bits per heavy atom. The Bertz CT molecular complexity index is 490. The molecular formula is C10H8N4O. The standard InChI is InChI=1S/C10H8N4O/c1-2-9(15)7-4-3-5-8(6-7)10-11-13-14-12-10/h2-6H,1H2,(H,11,12,13,14). The van der Waals surface area contributed by atoms with Crippen LogP contribution in [-0.4, -0.2) is 26.4 Å². The molecule has 0 atom stereocenters. The van der Waals surface area contributed by atoms with Gasteiger partial charge in [0.05, 0.1) is 0 Å². The topological polar surface area (TPSA) is 71.5 Å². The lowest BCUT2D eigenvalue weighted by atomic mass is 10.1. The number of benzene rings is 1. The number of allylic oxidation sites excluding steroid dienone is 1. The molecule has 2 rings (SSSR count). The molecule has 0 aliphatic carbocycles. The fourth-order valence-corrected chi connectivity index (χ4v) is 1.21. The van der Waals surface area contributed by atoms with Gasteiger partial charge in [-0.3, -0.25) is 4.79 Å². The molecule has 1 N–H and O–H groups in total. The van der Waals surface area contributed by atoms with Crippen molar-refractivity contribution in [2.45, 2.75) is 0 Å². The molecule has 74 valence electrons. The molecule has 0 aliphatic rings. The third-order valence-electron chi connectivity index (χ3n) is 1.94. The summed E-state index contributed by atoms with van der Waals surface area (Å²) in [6, 6.07) is 7.00. The van der Waals surface area contributed by atoms with Gasteiger partial charge in [0.2, 0.25) is 5.82 Å². The van der Waals surface area contributed by atoms with Crippen molar-refractivity contribution in [3.05, 3.63) is 42.5 Å². The maximum atomic E-state index is 11.4. The number of nitrogens with one attached hydrogen (secondary N) is 1. The number of tetrazole rings is 1. The van der Waals surface area contributed by atoms with Crippen molar-refractivity contribution in [3.8, 4) is 11.4 Å². The first-order valence-corrected chi connectivity index (χ1v) is 4.32. The molecule has 0 saturated heterocycles. The first kappa shape index (κ1) is 9.26. The van der Waals surface area contributed by atoms with E-state index in [0.29, 0.717) is 11.4 Å². The lowest BCUT2D eigenvalue weighted by molar-refractivity contribution is 0.104. The minimum atomic E-state index is -0.125. The molecule has 0 saturated carbocycles. The summed E-state index contributed by atoms with van der Waals surface area (Å²) in [5.74, 6) is 0.342. The van der Waals surface area contributed by atoms with Gasteiger partial charge in [0, 0.05) is 11.1 Å². The van der Waals surface area contributed by atoms with Crippen LogP contribution < -0.4 is 0 Å². The molecule has 0 spiro atoms. The Morgan fingerprint density at radius 1 is 1.47 bits per heavy atom. The van der Waals surface area contributed by atoms with Crippen molar-refractivity contribution in [1.82, 2.24) is 20.6 Å². The second kappa shape index (κ2) is 3.83. The SMILES string of the molecule is C=CC(=O)c1cccc(-c2nn[nH]n2)c1. The summed E-state index contributed by atoms with van der Waals surface area (Å²) < 4.78 is 0. The van der Waals surface area contributed by atoms with Gasteiger partial charge in [-0.05, 0) is 17.4 Å². The predicted octanol–water partition coefficient (Wildman–Crippen LogP) is 1.24. The molecule has 0 aliphatic heterocycles. The maximum absolute atomic E-state index is 11.4. The molecule has 0 radical (unpaired) electrons. The van der Waals surface area contributed by atoms with Crippen LogP contribution in [0.4, 0.5) is 0 Å². The van der Waals surface area contributed by atoms with E-state index in [1.807, 2.05) is 6.07 Å². The summed E-state index contributed by atoms with van der Waals surface area (Å²) >= 11 is 0. The first-order valence-electron chi connectivity index (χ1n) is 4.32. The zero-order chi connectivity index (χ0) is 10.7. The van der Waals surface area contributed by atoms with Gasteiger partial charge in [0.1, 0.15) is 0 Å². The minimum absolute atomic E-state index is 0.125. The Morgan fingerprint density at radius 3 is 3.00 bits per heavy atom. The third-order valence-corrected chi connectivity index (χ3v) is 1.94. The van der Waals surface area contributed by atoms with Gasteiger partial charge in [-0.1, -0.05) is 24.8 Å². The highest BCUT2D eigenvalue weighted by atomic mass is 16.1. The molecule has 0 fully saturated rings. The summed E-state index contributed by atoms with van der Waals surface area (Å²) in [6.45, 7) is 3.43. The van der Waals surface area contributed by atoms with Crippen LogP contribution >= 0.6 is 0 Å². The number of carbonyl (C=O) groups excluding carboxylic acids is 1. The summed E-state index contributed by atoms with van der Waals surface area (Å²) in [5, 5.41) is 13.5. The largest absolute Gasteiger partial charge is 0.289 e. The third kappa shape index (κ3) is 1.80. The van der Waals surface area contributed by atoms with Crippen LogP contribution in [0, 0.1) is 0 Å². The molecule has 1 heterocycles. The molecule has 5 nitrogen and oxygen atoms in total. The van der Waals surface area contributed by atoms with Crippen molar-refractivity contribution in [1.29, 1.82) is 0 Å². The highest BCUT2D eigenvalue weighted by Gasteiger charge is 2.06. The van der Waals surface area contributed by atoms with E-state index >= 15 is 0 Å². The lowest BCUT2D eigenvalue weighted by Crippen LogP contribution is -1.94. The van der Waals surface area contributed by atoms with Crippen LogP contribution in [-0.2, 0) is 0 Å². The van der Waals surface area contributed by atoms with Crippen molar-refractivity contribution >= 4 is 5.78 Å². The molecule has 1 aromatic carbocycles. The van der Waals surface area contributed by atoms with E-state index in [-0.39, 0.29) is 5.78 Å². The summed E-state index contributed by atoms with van der Waals surface area (Å²) in [4.78, 5) is 11.4. The molecule has 0 amide bonds. The fourth-order valence-electron chi connectivity index (χ4n) is 1.21. The van der Waals surface area contributed by atoms with E-state index in [1.54, 1.807) is 18.2 Å². The number of hydrogen-bond acceptors (Lipinski definition) is 4. The van der Waals surface area contributed by atoms with E-state index < -0.39 is 0 Å². The highest BCUT2D eigenvalue weighted by molar-refractivity contribution is 6.04. The average Bonchev–Trinajstić information content (AvgIpc) is 2.82. The van der Waals surface area contributed by atoms with Crippen molar-refractivity contribution in [2.24, 2.45) is 0 Å². The van der Waals surface area contributed by atoms with E-state index in [9.17, 15) is 4.79 Å². The second-order valence-electron chi connectivity index (χ2n) is 2.88. The monoisotopic (exact) mass is 200 g/mol. The summed E-state index contributed by atoms with van der Waals surface area (Å²) in [7, 11) is 0. The smallest absolute Gasteiger partial charge is 0.204 e. The molecule has 0 bridgehead atoms. The van der Waals surface area contributed by atoms with Crippen molar-refractivity contribution in [2.75, 3.05) is 0 Å². The van der Waals surface area contributed by atoms with E-state index in [0.717, 1.165) is 5.56 Å². The van der Waals surface area contributed by atoms with Crippen LogP contribution in [0.2, 0.25) is 0 Å². The molecule has 1 aromatic heterocycles. The van der Waals surface area contributed by atoms with Gasteiger partial charge in [-0.2, -0.15) is 5.21 Å². The van der Waals surface area contributed by atoms with Gasteiger partial charge < -0.3 is 0 Å². The van der Waals surface area contributed by atoms with Crippen molar-refractivity contribution in [3.63, 3.8) is 0 Å². The average molecular weight is 200 g/mol. The van der Waals surface area contributed by atoms with Crippen LogP contribution in [0.1, 0.15) is 10.4 Å². The molecule has 15 heavy (non-hydrogen) atoms. The number of rotatable bonds is 3. The van der Waals surface area contributed by atoms with Crippen LogP contribution in [0.5, 0.6) is 0 Å². The predicted molar refractivity (Wildman–Crippen MR) is 54.1 cm³/mol. The van der Waals surface area contributed by atoms with Crippen LogP contribution in [0.15, 0.2) is 36.9 Å². The number of carbonyl (C=O) groups is 1. The molecule has 2 aromatic rings. The molecule has 0 unspecified atom stereocenters. The fraction of sp³-hybridized carbons (Fsp3) is 0. The number of hydrogen-bond donors (Lipinski definition) is 1. The Labute approximate surface area is 85.8 Å². The quantitative estimate of drug-likeness (QED) is 0.597. The zero-order valence-electron chi connectivity index (χ0n) is 7.84. The van der Waals surface area contributed by atoms with Crippen LogP contribution in [0.3, 0.4) is 0 Å². The number of H-pyrrole nitrogens is 1.